The molecule has 1 fully saturated rings. The molecule has 1 heterocycles. The highest BCUT2D eigenvalue weighted by molar-refractivity contribution is 5.82. The summed E-state index contributed by atoms with van der Waals surface area (Å²) < 4.78 is 13.3. The maximum absolute atomic E-state index is 13.3. The normalized spacial score (nSPS) is 18.4. The lowest BCUT2D eigenvalue weighted by molar-refractivity contribution is -0.127. The van der Waals surface area contributed by atoms with Crippen molar-refractivity contribution in [1.29, 1.82) is 0 Å². The molecule has 1 atom stereocenters. The molecule has 2 N–H and O–H groups in total. The number of hydrogen-bond acceptors (Lipinski definition) is 3. The zero-order valence-electron chi connectivity index (χ0n) is 11.4. The molecule has 0 saturated carbocycles. The van der Waals surface area contributed by atoms with Crippen LogP contribution in [0.4, 0.5) is 10.1 Å². The largest absolute Gasteiger partial charge is 0.362 e. The van der Waals surface area contributed by atoms with Gasteiger partial charge in [0, 0.05) is 31.9 Å². The van der Waals surface area contributed by atoms with Crippen LogP contribution in [0.1, 0.15) is 24.9 Å². The third-order valence-electron chi connectivity index (χ3n) is 3.49. The van der Waals surface area contributed by atoms with Crippen LogP contribution in [0.15, 0.2) is 18.2 Å². The molecule has 1 aromatic carbocycles. The highest BCUT2D eigenvalue weighted by atomic mass is 19.1. The van der Waals surface area contributed by atoms with Gasteiger partial charge in [-0.25, -0.2) is 4.39 Å². The molecule has 1 aliphatic rings. The predicted octanol–water partition coefficient (Wildman–Crippen LogP) is 1.51. The number of benzene rings is 1. The number of nitrogens with zero attached hydrogens (tertiary/aromatic N) is 2. The van der Waals surface area contributed by atoms with E-state index in [2.05, 4.69) is 0 Å². The Labute approximate surface area is 113 Å². The van der Waals surface area contributed by atoms with E-state index in [0.29, 0.717) is 6.54 Å². The zero-order valence-corrected chi connectivity index (χ0v) is 11.4. The molecule has 0 aromatic heterocycles. The molecule has 0 unspecified atom stereocenters. The van der Waals surface area contributed by atoms with Crippen LogP contribution in [-0.2, 0) is 4.79 Å². The highest BCUT2D eigenvalue weighted by Gasteiger charge is 2.22. The summed E-state index contributed by atoms with van der Waals surface area (Å²) in [6.45, 7) is 3.68. The molecule has 0 spiro atoms. The highest BCUT2D eigenvalue weighted by Crippen LogP contribution is 2.27. The van der Waals surface area contributed by atoms with Crippen molar-refractivity contribution in [3.8, 4) is 0 Å². The molecule has 1 aromatic rings. The zero-order chi connectivity index (χ0) is 14.0. The summed E-state index contributed by atoms with van der Waals surface area (Å²) in [5.41, 5.74) is 7.51. The van der Waals surface area contributed by atoms with Crippen molar-refractivity contribution in [3.05, 3.63) is 29.6 Å². The monoisotopic (exact) mass is 265 g/mol. The van der Waals surface area contributed by atoms with E-state index >= 15 is 0 Å². The molecule has 1 aliphatic heterocycles. The Bertz CT molecular complexity index is 476. The summed E-state index contributed by atoms with van der Waals surface area (Å²) in [7, 11) is 1.81. The van der Waals surface area contributed by atoms with Crippen LogP contribution in [-0.4, -0.2) is 37.5 Å². The number of amides is 1. The summed E-state index contributed by atoms with van der Waals surface area (Å²) in [6.07, 6.45) is 0.901. The second-order valence-corrected chi connectivity index (χ2v) is 5.08. The molecule has 1 saturated heterocycles. The summed E-state index contributed by atoms with van der Waals surface area (Å²) in [4.78, 5) is 15.6. The van der Waals surface area contributed by atoms with Gasteiger partial charge in [0.1, 0.15) is 5.82 Å². The minimum absolute atomic E-state index is 0.0810. The fourth-order valence-corrected chi connectivity index (χ4v) is 2.37. The van der Waals surface area contributed by atoms with Crippen LogP contribution in [0.2, 0.25) is 0 Å². The summed E-state index contributed by atoms with van der Waals surface area (Å²) in [6, 6.07) is 4.33. The van der Waals surface area contributed by atoms with Crippen molar-refractivity contribution in [1.82, 2.24) is 4.90 Å². The van der Waals surface area contributed by atoms with E-state index in [1.807, 2.05) is 18.9 Å². The van der Waals surface area contributed by atoms with Gasteiger partial charge in [-0.05, 0) is 37.1 Å². The summed E-state index contributed by atoms with van der Waals surface area (Å²) >= 11 is 0. The molecule has 0 bridgehead atoms. The summed E-state index contributed by atoms with van der Waals surface area (Å²) in [5, 5.41) is 0. The quantitative estimate of drug-likeness (QED) is 0.882. The molecular formula is C14H20FN3O. The maximum atomic E-state index is 13.3. The smallest absolute Gasteiger partial charge is 0.241 e. The van der Waals surface area contributed by atoms with Crippen LogP contribution in [0.5, 0.6) is 0 Å². The summed E-state index contributed by atoms with van der Waals surface area (Å²) in [5.74, 6) is -0.216. The van der Waals surface area contributed by atoms with Crippen molar-refractivity contribution in [3.63, 3.8) is 0 Å². The van der Waals surface area contributed by atoms with E-state index in [1.54, 1.807) is 11.0 Å². The predicted molar refractivity (Wildman–Crippen MR) is 73.5 cm³/mol. The van der Waals surface area contributed by atoms with Gasteiger partial charge in [0.05, 0.1) is 6.54 Å². The number of halogens is 1. The third-order valence-corrected chi connectivity index (χ3v) is 3.49. The molecule has 0 aliphatic carbocycles. The number of hydrogen-bond donors (Lipinski definition) is 1. The Morgan fingerprint density at radius 3 is 2.79 bits per heavy atom. The van der Waals surface area contributed by atoms with E-state index in [1.165, 1.54) is 12.1 Å². The average Bonchev–Trinajstić information content (AvgIpc) is 2.52. The Balaban J connectivity index is 2.32. The Kier molecular flexibility index (Phi) is 4.04. The average molecular weight is 265 g/mol. The molecular weight excluding hydrogens is 245 g/mol. The van der Waals surface area contributed by atoms with Crippen LogP contribution in [0.3, 0.4) is 0 Å². The van der Waals surface area contributed by atoms with Gasteiger partial charge in [0.15, 0.2) is 0 Å². The van der Waals surface area contributed by atoms with Gasteiger partial charge in [-0.2, -0.15) is 0 Å². The van der Waals surface area contributed by atoms with Crippen LogP contribution < -0.4 is 10.6 Å². The molecule has 4 nitrogen and oxygen atoms in total. The topological polar surface area (TPSA) is 49.6 Å². The lowest BCUT2D eigenvalue weighted by Crippen LogP contribution is -2.35. The van der Waals surface area contributed by atoms with Gasteiger partial charge in [-0.1, -0.05) is 0 Å². The number of carbonyl (C=O) groups is 1. The van der Waals surface area contributed by atoms with Crippen molar-refractivity contribution < 1.29 is 9.18 Å². The maximum Gasteiger partial charge on any atom is 0.241 e. The third kappa shape index (κ3) is 3.04. The fourth-order valence-electron chi connectivity index (χ4n) is 2.37. The van der Waals surface area contributed by atoms with E-state index in [0.717, 1.165) is 30.8 Å². The lowest BCUT2D eigenvalue weighted by atomic mass is 10.1. The first-order valence-electron chi connectivity index (χ1n) is 6.53. The van der Waals surface area contributed by atoms with Gasteiger partial charge in [0.25, 0.3) is 0 Å². The van der Waals surface area contributed by atoms with Crippen LogP contribution >= 0.6 is 0 Å². The van der Waals surface area contributed by atoms with Crippen LogP contribution in [0.25, 0.3) is 0 Å². The minimum Gasteiger partial charge on any atom is -0.362 e. The first kappa shape index (κ1) is 13.8. The Hall–Kier alpha value is -1.62. The SMILES string of the molecule is C[C@@H](N)c1cc(F)ccc1N1CCCN(C)C(=O)C1. The molecule has 19 heavy (non-hydrogen) atoms. The van der Waals surface area contributed by atoms with Gasteiger partial charge >= 0.3 is 0 Å². The number of rotatable bonds is 2. The number of carbonyl (C=O) groups excluding carboxylic acids is 1. The van der Waals surface area contributed by atoms with Crippen molar-refractivity contribution >= 4 is 11.6 Å². The number of anilines is 1. The fraction of sp³-hybridized carbons (Fsp3) is 0.500. The second kappa shape index (κ2) is 5.57. The van der Waals surface area contributed by atoms with E-state index in [4.69, 9.17) is 5.73 Å². The number of likely N-dealkylation sites (N-methyl/N-ethyl adjacent to an activating group) is 1. The lowest BCUT2D eigenvalue weighted by Gasteiger charge is -2.26. The van der Waals surface area contributed by atoms with Crippen LogP contribution in [0, 0.1) is 5.82 Å². The van der Waals surface area contributed by atoms with E-state index < -0.39 is 0 Å². The van der Waals surface area contributed by atoms with Gasteiger partial charge in [-0.15, -0.1) is 0 Å². The Morgan fingerprint density at radius 1 is 1.37 bits per heavy atom. The Morgan fingerprint density at radius 2 is 2.11 bits per heavy atom. The van der Waals surface area contributed by atoms with E-state index in [-0.39, 0.29) is 17.8 Å². The molecule has 0 radical (unpaired) electrons. The second-order valence-electron chi connectivity index (χ2n) is 5.08. The van der Waals surface area contributed by atoms with Crippen molar-refractivity contribution in [2.45, 2.75) is 19.4 Å². The molecule has 2 rings (SSSR count). The van der Waals surface area contributed by atoms with Gasteiger partial charge < -0.3 is 15.5 Å². The first-order valence-corrected chi connectivity index (χ1v) is 6.53. The van der Waals surface area contributed by atoms with Gasteiger partial charge in [0.2, 0.25) is 5.91 Å². The standard InChI is InChI=1S/C14H20FN3O/c1-10(16)12-8-11(15)4-5-13(12)18-7-3-6-17(2)14(19)9-18/h4-5,8,10H,3,6-7,9,16H2,1-2H3/t10-/m1/s1. The van der Waals surface area contributed by atoms with Crippen molar-refractivity contribution in [2.24, 2.45) is 5.73 Å². The number of nitrogens with two attached hydrogens (primary N) is 1. The minimum atomic E-state index is -0.297. The van der Waals surface area contributed by atoms with Crippen molar-refractivity contribution in [2.75, 3.05) is 31.6 Å². The first-order chi connectivity index (χ1) is 8.99. The molecule has 5 heteroatoms. The van der Waals surface area contributed by atoms with E-state index in [9.17, 15) is 9.18 Å². The molecule has 104 valence electrons. The van der Waals surface area contributed by atoms with Gasteiger partial charge in [-0.3, -0.25) is 4.79 Å². The molecule has 1 amide bonds.